The molecule has 0 aliphatic carbocycles. The van der Waals surface area contributed by atoms with Crippen molar-refractivity contribution in [1.29, 1.82) is 5.26 Å². The first kappa shape index (κ1) is 16.9. The van der Waals surface area contributed by atoms with Crippen molar-refractivity contribution in [2.75, 3.05) is 0 Å². The number of fused-ring (bicyclic) bond motifs is 1. The first-order chi connectivity index (χ1) is 12.0. The van der Waals surface area contributed by atoms with Gasteiger partial charge in [-0.1, -0.05) is 0 Å². The molecule has 0 unspecified atom stereocenters. The number of ether oxygens (including phenoxy) is 1. The van der Waals surface area contributed by atoms with E-state index < -0.39 is 0 Å². The average Bonchev–Trinajstić information content (AvgIpc) is 2.99. The Kier molecular flexibility index (Phi) is 4.68. The summed E-state index contributed by atoms with van der Waals surface area (Å²) in [7, 11) is 0. The topological polar surface area (TPSA) is 76.6 Å². The molecular formula is C18H16ClN5O. The summed E-state index contributed by atoms with van der Waals surface area (Å²) in [6.07, 6.45) is 4.90. The minimum Gasteiger partial charge on any atom is -0.436 e. The van der Waals surface area contributed by atoms with Crippen molar-refractivity contribution in [1.82, 2.24) is 19.5 Å². The first-order valence-corrected chi connectivity index (χ1v) is 8.15. The van der Waals surface area contributed by atoms with Crippen LogP contribution in [-0.2, 0) is 6.54 Å². The van der Waals surface area contributed by atoms with Crippen molar-refractivity contribution < 1.29 is 4.74 Å². The molecule has 0 saturated carbocycles. The number of hydrogen-bond acceptors (Lipinski definition) is 5. The van der Waals surface area contributed by atoms with Crippen molar-refractivity contribution in [3.05, 3.63) is 46.5 Å². The van der Waals surface area contributed by atoms with Crippen LogP contribution in [0.5, 0.6) is 11.6 Å². The molecule has 2 aromatic heterocycles. The van der Waals surface area contributed by atoms with Gasteiger partial charge in [0.1, 0.15) is 5.75 Å². The van der Waals surface area contributed by atoms with Crippen LogP contribution < -0.4 is 4.74 Å². The monoisotopic (exact) mass is 353 g/mol. The van der Waals surface area contributed by atoms with E-state index in [9.17, 15) is 0 Å². The standard InChI is InChI=1S/C18H16ClN5O/c1-4-24-10-21-16-14(24)17(23-18(19)22-16)25-15-11(2)8-13(6-5-7-20)9-12(15)3/h5-6,8-10H,4H2,1-3H3/b6-5+. The first-order valence-electron chi connectivity index (χ1n) is 7.77. The van der Waals surface area contributed by atoms with E-state index in [1.165, 1.54) is 6.08 Å². The maximum Gasteiger partial charge on any atom is 0.250 e. The fourth-order valence-corrected chi connectivity index (χ4v) is 2.86. The molecule has 0 amide bonds. The number of halogens is 1. The number of benzene rings is 1. The molecular weight excluding hydrogens is 338 g/mol. The number of allylic oxidation sites excluding steroid dienone is 1. The van der Waals surface area contributed by atoms with Crippen LogP contribution in [-0.4, -0.2) is 19.5 Å². The summed E-state index contributed by atoms with van der Waals surface area (Å²) in [4.78, 5) is 12.6. The van der Waals surface area contributed by atoms with Gasteiger partial charge in [0.05, 0.1) is 12.4 Å². The van der Waals surface area contributed by atoms with Gasteiger partial charge in [-0.2, -0.15) is 15.2 Å². The number of nitrogens with zero attached hydrogens (tertiary/aromatic N) is 5. The van der Waals surface area contributed by atoms with Gasteiger partial charge in [-0.3, -0.25) is 0 Å². The summed E-state index contributed by atoms with van der Waals surface area (Å²) in [5, 5.41) is 8.77. The van der Waals surface area contributed by atoms with Gasteiger partial charge in [0.15, 0.2) is 11.2 Å². The number of nitriles is 1. The Morgan fingerprint density at radius 1 is 1.28 bits per heavy atom. The Labute approximate surface area is 150 Å². The molecule has 0 aliphatic rings. The van der Waals surface area contributed by atoms with Crippen LogP contribution in [0.4, 0.5) is 0 Å². The van der Waals surface area contributed by atoms with Gasteiger partial charge >= 0.3 is 0 Å². The molecule has 3 rings (SSSR count). The number of hydrogen-bond donors (Lipinski definition) is 0. The number of aromatic nitrogens is 4. The summed E-state index contributed by atoms with van der Waals surface area (Å²) < 4.78 is 8.02. The van der Waals surface area contributed by atoms with Crippen molar-refractivity contribution in [2.45, 2.75) is 27.3 Å². The van der Waals surface area contributed by atoms with Crippen LogP contribution in [0.25, 0.3) is 17.2 Å². The summed E-state index contributed by atoms with van der Waals surface area (Å²) in [5.74, 6) is 1.08. The maximum atomic E-state index is 8.67. The van der Waals surface area contributed by atoms with Crippen LogP contribution in [0, 0.1) is 25.2 Å². The van der Waals surface area contributed by atoms with Gasteiger partial charge < -0.3 is 9.30 Å². The van der Waals surface area contributed by atoms with Gasteiger partial charge in [0.25, 0.3) is 0 Å². The van der Waals surface area contributed by atoms with E-state index in [0.717, 1.165) is 16.7 Å². The molecule has 0 N–H and O–H groups in total. The lowest BCUT2D eigenvalue weighted by Crippen LogP contribution is -2.00. The van der Waals surface area contributed by atoms with Gasteiger partial charge in [-0.05, 0) is 67.3 Å². The van der Waals surface area contributed by atoms with E-state index in [2.05, 4.69) is 15.0 Å². The fraction of sp³-hybridized carbons (Fsp3) is 0.222. The quantitative estimate of drug-likeness (QED) is 0.511. The van der Waals surface area contributed by atoms with Crippen molar-refractivity contribution in [3.63, 3.8) is 0 Å². The van der Waals surface area contributed by atoms with E-state index in [4.69, 9.17) is 21.6 Å². The van der Waals surface area contributed by atoms with Crippen molar-refractivity contribution in [3.8, 4) is 17.7 Å². The molecule has 1 aromatic carbocycles. The second-order valence-electron chi connectivity index (χ2n) is 5.55. The molecule has 0 saturated heterocycles. The summed E-state index contributed by atoms with van der Waals surface area (Å²) >= 11 is 6.01. The summed E-state index contributed by atoms with van der Waals surface area (Å²) in [6.45, 7) is 6.62. The second-order valence-corrected chi connectivity index (χ2v) is 5.89. The Balaban J connectivity index is 2.09. The van der Waals surface area contributed by atoms with Crippen molar-refractivity contribution >= 4 is 28.8 Å². The van der Waals surface area contributed by atoms with E-state index >= 15 is 0 Å². The van der Waals surface area contributed by atoms with Crippen LogP contribution in [0.1, 0.15) is 23.6 Å². The smallest absolute Gasteiger partial charge is 0.250 e. The lowest BCUT2D eigenvalue weighted by Gasteiger charge is -2.13. The zero-order valence-electron chi connectivity index (χ0n) is 14.1. The minimum absolute atomic E-state index is 0.0905. The lowest BCUT2D eigenvalue weighted by atomic mass is 10.1. The highest BCUT2D eigenvalue weighted by atomic mass is 35.5. The lowest BCUT2D eigenvalue weighted by molar-refractivity contribution is 0.458. The Morgan fingerprint density at radius 3 is 2.64 bits per heavy atom. The molecule has 6 nitrogen and oxygen atoms in total. The van der Waals surface area contributed by atoms with Gasteiger partial charge in [-0.15, -0.1) is 0 Å². The van der Waals surface area contributed by atoms with Gasteiger partial charge in [0, 0.05) is 12.6 Å². The molecule has 0 radical (unpaired) electrons. The third-order valence-electron chi connectivity index (χ3n) is 3.79. The molecule has 2 heterocycles. The van der Waals surface area contributed by atoms with E-state index in [1.54, 1.807) is 12.4 Å². The highest BCUT2D eigenvalue weighted by molar-refractivity contribution is 6.28. The summed E-state index contributed by atoms with van der Waals surface area (Å²) in [6, 6.07) is 5.90. The number of imidazole rings is 1. The minimum atomic E-state index is 0.0905. The third-order valence-corrected chi connectivity index (χ3v) is 3.95. The molecule has 7 heteroatoms. The maximum absolute atomic E-state index is 8.67. The van der Waals surface area contributed by atoms with Crippen molar-refractivity contribution in [2.24, 2.45) is 0 Å². The zero-order valence-corrected chi connectivity index (χ0v) is 14.9. The van der Waals surface area contributed by atoms with E-state index in [1.807, 2.05) is 43.5 Å². The van der Waals surface area contributed by atoms with Crippen LogP contribution in [0.3, 0.4) is 0 Å². The zero-order chi connectivity index (χ0) is 18.0. The molecule has 0 aliphatic heterocycles. The Bertz CT molecular complexity index is 993. The SMILES string of the molecule is CCn1cnc2nc(Cl)nc(Oc3c(C)cc(/C=C/C#N)cc3C)c21. The van der Waals surface area contributed by atoms with E-state index in [0.29, 0.717) is 29.3 Å². The third kappa shape index (κ3) is 3.32. The molecule has 0 bridgehead atoms. The molecule has 126 valence electrons. The van der Waals surface area contributed by atoms with E-state index in [-0.39, 0.29) is 5.28 Å². The molecule has 0 fully saturated rings. The Hall–Kier alpha value is -2.91. The molecule has 3 aromatic rings. The molecule has 0 atom stereocenters. The van der Waals surface area contributed by atoms with Crippen LogP contribution in [0.15, 0.2) is 24.5 Å². The largest absolute Gasteiger partial charge is 0.436 e. The summed E-state index contributed by atoms with van der Waals surface area (Å²) in [5.41, 5.74) is 4.01. The van der Waals surface area contributed by atoms with Crippen LogP contribution >= 0.6 is 11.6 Å². The predicted molar refractivity (Wildman–Crippen MR) is 96.6 cm³/mol. The number of aryl methyl sites for hydroxylation is 3. The highest BCUT2D eigenvalue weighted by Crippen LogP contribution is 2.33. The number of rotatable bonds is 4. The average molecular weight is 354 g/mol. The second kappa shape index (κ2) is 6.91. The van der Waals surface area contributed by atoms with Gasteiger partial charge in [-0.25, -0.2) is 4.98 Å². The normalized spacial score (nSPS) is 11.2. The predicted octanol–water partition coefficient (Wildman–Crippen LogP) is 4.45. The fourth-order valence-electron chi connectivity index (χ4n) is 2.70. The molecule has 0 spiro atoms. The van der Waals surface area contributed by atoms with Crippen LogP contribution in [0.2, 0.25) is 5.28 Å². The highest BCUT2D eigenvalue weighted by Gasteiger charge is 2.16. The molecule has 25 heavy (non-hydrogen) atoms. The Morgan fingerprint density at radius 2 is 2.00 bits per heavy atom. The van der Waals surface area contributed by atoms with Gasteiger partial charge in [0.2, 0.25) is 11.2 Å².